The number of carbonyl (C=O) groups is 1. The van der Waals surface area contributed by atoms with Crippen molar-refractivity contribution in [2.24, 2.45) is 28.9 Å². The summed E-state index contributed by atoms with van der Waals surface area (Å²) in [7, 11) is 0. The minimum Gasteiger partial charge on any atom is -0.351 e. The van der Waals surface area contributed by atoms with E-state index in [1.165, 1.54) is 44.1 Å². The van der Waals surface area contributed by atoms with Crippen molar-refractivity contribution in [2.45, 2.75) is 57.4 Å². The number of amides is 1. The van der Waals surface area contributed by atoms with E-state index in [-0.39, 0.29) is 5.91 Å². The first-order valence-electron chi connectivity index (χ1n) is 11.5. The van der Waals surface area contributed by atoms with Crippen LogP contribution in [0, 0.1) is 23.2 Å². The van der Waals surface area contributed by atoms with Crippen molar-refractivity contribution < 1.29 is 4.79 Å². The third kappa shape index (κ3) is 4.22. The summed E-state index contributed by atoms with van der Waals surface area (Å²) in [6.45, 7) is 3.87. The molecule has 4 aliphatic carbocycles. The third-order valence-corrected chi connectivity index (χ3v) is 8.42. The molecule has 0 aromatic heterocycles. The number of rotatable bonds is 6. The summed E-state index contributed by atoms with van der Waals surface area (Å²) in [5.41, 5.74) is 8.16. The summed E-state index contributed by atoms with van der Waals surface area (Å²) >= 11 is 6.40. The van der Waals surface area contributed by atoms with E-state index in [0.29, 0.717) is 22.0 Å². The summed E-state index contributed by atoms with van der Waals surface area (Å²) < 4.78 is 0. The Labute approximate surface area is 179 Å². The number of halogens is 1. The Bertz CT molecular complexity index is 744. The molecule has 1 aromatic carbocycles. The predicted molar refractivity (Wildman–Crippen MR) is 117 cm³/mol. The van der Waals surface area contributed by atoms with Gasteiger partial charge in [0.1, 0.15) is 0 Å². The lowest BCUT2D eigenvalue weighted by atomic mass is 9.49. The summed E-state index contributed by atoms with van der Waals surface area (Å²) in [4.78, 5) is 15.4. The van der Waals surface area contributed by atoms with E-state index in [9.17, 15) is 4.79 Å². The van der Waals surface area contributed by atoms with Crippen LogP contribution in [0.15, 0.2) is 18.2 Å². The zero-order valence-corrected chi connectivity index (χ0v) is 18.1. The number of likely N-dealkylation sites (tertiary alicyclic amines) is 1. The molecule has 3 N–H and O–H groups in total. The second-order valence-electron chi connectivity index (χ2n) is 10.5. The first-order valence-corrected chi connectivity index (χ1v) is 11.9. The molecule has 158 valence electrons. The Balaban J connectivity index is 1.20. The molecule has 5 fully saturated rings. The Morgan fingerprint density at radius 3 is 2.48 bits per heavy atom. The third-order valence-electron chi connectivity index (χ3n) is 8.09. The van der Waals surface area contributed by atoms with Gasteiger partial charge in [0.05, 0.1) is 10.6 Å². The van der Waals surface area contributed by atoms with Crippen molar-refractivity contribution in [2.75, 3.05) is 26.2 Å². The van der Waals surface area contributed by atoms with E-state index in [1.807, 2.05) is 18.2 Å². The predicted octanol–water partition coefficient (Wildman–Crippen LogP) is 3.86. The van der Waals surface area contributed by atoms with Crippen molar-refractivity contribution in [3.05, 3.63) is 34.3 Å². The lowest BCUT2D eigenvalue weighted by Crippen LogP contribution is -2.51. The molecule has 1 amide bonds. The van der Waals surface area contributed by atoms with Crippen LogP contribution in [0.2, 0.25) is 5.02 Å². The lowest BCUT2D eigenvalue weighted by molar-refractivity contribution is -0.0503. The quantitative estimate of drug-likeness (QED) is 0.741. The fourth-order valence-corrected chi connectivity index (χ4v) is 7.33. The molecule has 5 heteroatoms. The Hall–Kier alpha value is -1.10. The van der Waals surface area contributed by atoms with E-state index >= 15 is 0 Å². The fourth-order valence-electron chi connectivity index (χ4n) is 7.12. The van der Waals surface area contributed by atoms with Gasteiger partial charge in [0.25, 0.3) is 5.91 Å². The van der Waals surface area contributed by atoms with Crippen LogP contribution in [0.3, 0.4) is 0 Å². The lowest BCUT2D eigenvalue weighted by Gasteiger charge is -2.56. The van der Waals surface area contributed by atoms with Crippen molar-refractivity contribution in [3.8, 4) is 0 Å². The number of hydrogen-bond donors (Lipinski definition) is 2. The molecule has 4 saturated carbocycles. The van der Waals surface area contributed by atoms with Crippen LogP contribution < -0.4 is 11.1 Å². The average Bonchev–Trinajstić information content (AvgIpc) is 3.10. The van der Waals surface area contributed by atoms with Gasteiger partial charge in [-0.2, -0.15) is 0 Å². The maximum absolute atomic E-state index is 13.0. The first-order chi connectivity index (χ1) is 14.0. The van der Waals surface area contributed by atoms with E-state index in [1.54, 1.807) is 0 Å². The highest BCUT2D eigenvalue weighted by Crippen LogP contribution is 2.59. The minimum atomic E-state index is -0.00390. The second kappa shape index (κ2) is 7.86. The number of benzene rings is 1. The molecule has 0 radical (unpaired) electrons. The molecular formula is C24H34ClN3O. The van der Waals surface area contributed by atoms with E-state index < -0.39 is 0 Å². The summed E-state index contributed by atoms with van der Waals surface area (Å²) in [5.74, 6) is 2.71. The highest BCUT2D eigenvalue weighted by Gasteiger charge is 2.50. The number of nitrogens with one attached hydrogen (secondary N) is 1. The van der Waals surface area contributed by atoms with Crippen LogP contribution in [0.5, 0.6) is 0 Å². The van der Waals surface area contributed by atoms with E-state index in [2.05, 4.69) is 10.2 Å². The van der Waals surface area contributed by atoms with Gasteiger partial charge in [-0.25, -0.2) is 0 Å². The van der Waals surface area contributed by atoms with Crippen LogP contribution in [0.1, 0.15) is 60.9 Å². The van der Waals surface area contributed by atoms with Gasteiger partial charge < -0.3 is 16.0 Å². The van der Waals surface area contributed by atoms with Crippen LogP contribution in [0.25, 0.3) is 0 Å². The zero-order valence-electron chi connectivity index (χ0n) is 17.3. The normalized spacial score (nSPS) is 35.9. The topological polar surface area (TPSA) is 58.4 Å². The SMILES string of the molecule is NC1CCN(CCc2ccc(Cl)c(C(=O)NCC34CC5CC(CC(C5)C3)C4)c2)C1. The van der Waals surface area contributed by atoms with Gasteiger partial charge in [0.2, 0.25) is 0 Å². The molecule has 4 nitrogen and oxygen atoms in total. The maximum Gasteiger partial charge on any atom is 0.252 e. The van der Waals surface area contributed by atoms with Gasteiger partial charge in [0.15, 0.2) is 0 Å². The Morgan fingerprint density at radius 2 is 1.86 bits per heavy atom. The molecule has 1 aromatic rings. The van der Waals surface area contributed by atoms with Crippen molar-refractivity contribution >= 4 is 17.5 Å². The summed E-state index contributed by atoms with van der Waals surface area (Å²) in [6, 6.07) is 6.24. The molecular weight excluding hydrogens is 382 g/mol. The Morgan fingerprint density at radius 1 is 1.17 bits per heavy atom. The highest BCUT2D eigenvalue weighted by atomic mass is 35.5. The molecule has 1 heterocycles. The first kappa shape index (κ1) is 19.8. The molecule has 1 atom stereocenters. The Kier molecular flexibility index (Phi) is 5.38. The van der Waals surface area contributed by atoms with Crippen LogP contribution >= 0.6 is 11.6 Å². The van der Waals surface area contributed by atoms with Crippen molar-refractivity contribution in [1.29, 1.82) is 0 Å². The van der Waals surface area contributed by atoms with Gasteiger partial charge in [-0.3, -0.25) is 4.79 Å². The molecule has 29 heavy (non-hydrogen) atoms. The number of hydrogen-bond acceptors (Lipinski definition) is 3. The van der Waals surface area contributed by atoms with Crippen LogP contribution in [-0.2, 0) is 6.42 Å². The van der Waals surface area contributed by atoms with Gasteiger partial charge in [-0.05, 0) is 98.8 Å². The van der Waals surface area contributed by atoms with Crippen molar-refractivity contribution in [1.82, 2.24) is 10.2 Å². The van der Waals surface area contributed by atoms with Gasteiger partial charge in [-0.1, -0.05) is 17.7 Å². The van der Waals surface area contributed by atoms with E-state index in [4.69, 9.17) is 17.3 Å². The number of nitrogens with two attached hydrogens (primary N) is 1. The summed E-state index contributed by atoms with van der Waals surface area (Å²) in [5, 5.41) is 3.83. The van der Waals surface area contributed by atoms with Crippen molar-refractivity contribution in [3.63, 3.8) is 0 Å². The maximum atomic E-state index is 13.0. The fraction of sp³-hybridized carbons (Fsp3) is 0.708. The monoisotopic (exact) mass is 415 g/mol. The molecule has 5 aliphatic rings. The van der Waals surface area contributed by atoms with Crippen LogP contribution in [0.4, 0.5) is 0 Å². The molecule has 4 bridgehead atoms. The van der Waals surface area contributed by atoms with Gasteiger partial charge in [0, 0.05) is 25.7 Å². The zero-order chi connectivity index (χ0) is 20.0. The number of nitrogens with zero attached hydrogens (tertiary/aromatic N) is 1. The number of carbonyl (C=O) groups excluding carboxylic acids is 1. The van der Waals surface area contributed by atoms with E-state index in [0.717, 1.165) is 56.8 Å². The molecule has 1 saturated heterocycles. The largest absolute Gasteiger partial charge is 0.351 e. The smallest absolute Gasteiger partial charge is 0.252 e. The molecule has 1 aliphatic heterocycles. The standard InChI is InChI=1S/C24H34ClN3O/c25-22-2-1-16(3-5-28-6-4-20(26)14-28)10-21(22)23(29)27-15-24-11-17-7-18(12-24)9-19(8-17)13-24/h1-2,10,17-20H,3-9,11-15,26H2,(H,27,29). The summed E-state index contributed by atoms with van der Waals surface area (Å²) in [6.07, 6.45) is 10.2. The molecule has 6 rings (SSSR count). The highest BCUT2D eigenvalue weighted by molar-refractivity contribution is 6.33. The minimum absolute atomic E-state index is 0.00390. The van der Waals surface area contributed by atoms with Crippen LogP contribution in [-0.4, -0.2) is 43.0 Å². The second-order valence-corrected chi connectivity index (χ2v) is 10.9. The van der Waals surface area contributed by atoms with Gasteiger partial charge in [-0.15, -0.1) is 0 Å². The molecule has 1 unspecified atom stereocenters. The van der Waals surface area contributed by atoms with Gasteiger partial charge >= 0.3 is 0 Å². The average molecular weight is 416 g/mol. The molecule has 0 spiro atoms.